The first-order valence-electron chi connectivity index (χ1n) is 5.38. The van der Waals surface area contributed by atoms with E-state index in [1.54, 1.807) is 0 Å². The van der Waals surface area contributed by atoms with Gasteiger partial charge in [-0.1, -0.05) is 27.7 Å². The van der Waals surface area contributed by atoms with Crippen molar-refractivity contribution in [1.29, 1.82) is 0 Å². The molecule has 84 valence electrons. The second kappa shape index (κ2) is 3.04. The lowest BCUT2D eigenvalue weighted by Gasteiger charge is -2.03. The lowest BCUT2D eigenvalue weighted by molar-refractivity contribution is 0.433. The van der Waals surface area contributed by atoms with Crippen LogP contribution in [0.1, 0.15) is 39.5 Å². The van der Waals surface area contributed by atoms with Crippen LogP contribution in [0.15, 0.2) is 4.42 Å². The molecule has 0 amide bonds. The van der Waals surface area contributed by atoms with Crippen molar-refractivity contribution < 1.29 is 4.42 Å². The smallest absolute Gasteiger partial charge is 0.230 e. The number of aryl methyl sites for hydroxylation is 1. The molecule has 0 atom stereocenters. The van der Waals surface area contributed by atoms with Crippen LogP contribution in [0.5, 0.6) is 0 Å². The molecular weight excluding hydrogens is 190 g/mol. The van der Waals surface area contributed by atoms with Crippen LogP contribution >= 0.6 is 0 Å². The zero-order valence-electron chi connectivity index (χ0n) is 10.1. The van der Waals surface area contributed by atoms with Crippen LogP contribution in [0.25, 0.3) is 0 Å². The Morgan fingerprint density at radius 1 is 1.20 bits per heavy atom. The van der Waals surface area contributed by atoms with Crippen molar-refractivity contribution in [3.05, 3.63) is 11.8 Å². The molecule has 0 saturated heterocycles. The van der Waals surface area contributed by atoms with Crippen molar-refractivity contribution in [3.63, 3.8) is 0 Å². The van der Waals surface area contributed by atoms with Crippen LogP contribution in [0.4, 0.5) is 0 Å². The second-order valence-corrected chi connectivity index (χ2v) is 5.47. The van der Waals surface area contributed by atoms with Gasteiger partial charge < -0.3 is 9.73 Å². The molecule has 1 heterocycles. The molecule has 0 spiro atoms. The molecule has 1 aliphatic rings. The number of hydrogen-bond donors (Lipinski definition) is 1. The minimum Gasteiger partial charge on any atom is -0.424 e. The predicted molar refractivity (Wildman–Crippen MR) is 57.2 cm³/mol. The lowest BCUT2D eigenvalue weighted by Crippen LogP contribution is -2.21. The molecule has 0 radical (unpaired) electrons. The van der Waals surface area contributed by atoms with Crippen LogP contribution in [0, 0.1) is 17.8 Å². The molecule has 4 nitrogen and oxygen atoms in total. The summed E-state index contributed by atoms with van der Waals surface area (Å²) in [5.74, 6) is 1.30. The van der Waals surface area contributed by atoms with Crippen LogP contribution < -0.4 is 5.32 Å². The van der Waals surface area contributed by atoms with Gasteiger partial charge in [0, 0.05) is 13.0 Å². The van der Waals surface area contributed by atoms with E-state index in [0.717, 1.165) is 0 Å². The SMILES string of the molecule is Cc1nnc(CNC2C(C)(C)C2(C)C)o1. The maximum Gasteiger partial charge on any atom is 0.230 e. The Labute approximate surface area is 90.5 Å². The summed E-state index contributed by atoms with van der Waals surface area (Å²) in [6.07, 6.45) is 0. The molecule has 1 N–H and O–H groups in total. The van der Waals surface area contributed by atoms with Crippen LogP contribution in [0.3, 0.4) is 0 Å². The fourth-order valence-corrected chi connectivity index (χ4v) is 2.30. The molecule has 2 rings (SSSR count). The highest BCUT2D eigenvalue weighted by Crippen LogP contribution is 2.62. The average Bonchev–Trinajstić information content (AvgIpc) is 2.50. The third-order valence-electron chi connectivity index (χ3n) is 4.05. The van der Waals surface area contributed by atoms with E-state index in [1.165, 1.54) is 0 Å². The molecule has 0 bridgehead atoms. The Morgan fingerprint density at radius 3 is 2.20 bits per heavy atom. The van der Waals surface area contributed by atoms with Gasteiger partial charge in [0.2, 0.25) is 11.8 Å². The molecule has 1 aromatic rings. The number of aromatic nitrogens is 2. The maximum atomic E-state index is 5.31. The van der Waals surface area contributed by atoms with Crippen molar-refractivity contribution in [2.75, 3.05) is 0 Å². The Morgan fingerprint density at radius 2 is 1.80 bits per heavy atom. The van der Waals surface area contributed by atoms with Gasteiger partial charge >= 0.3 is 0 Å². The van der Waals surface area contributed by atoms with E-state index >= 15 is 0 Å². The number of rotatable bonds is 3. The third-order valence-corrected chi connectivity index (χ3v) is 4.05. The van der Waals surface area contributed by atoms with Gasteiger partial charge in [0.1, 0.15) is 0 Å². The Bertz CT molecular complexity index is 354. The van der Waals surface area contributed by atoms with Gasteiger partial charge in [0.25, 0.3) is 0 Å². The fourth-order valence-electron chi connectivity index (χ4n) is 2.30. The molecule has 4 heteroatoms. The third kappa shape index (κ3) is 1.57. The Hall–Kier alpha value is -0.900. The molecule has 1 aromatic heterocycles. The minimum atomic E-state index is 0.349. The molecular formula is C11H19N3O. The number of hydrogen-bond acceptors (Lipinski definition) is 4. The summed E-state index contributed by atoms with van der Waals surface area (Å²) in [5, 5.41) is 11.2. The molecule has 1 fully saturated rings. The normalized spacial score (nSPS) is 23.0. The summed E-state index contributed by atoms with van der Waals surface area (Å²) < 4.78 is 5.31. The Kier molecular flexibility index (Phi) is 2.15. The van der Waals surface area contributed by atoms with Crippen molar-refractivity contribution >= 4 is 0 Å². The van der Waals surface area contributed by atoms with Gasteiger partial charge in [-0.15, -0.1) is 10.2 Å². The van der Waals surface area contributed by atoms with E-state index in [9.17, 15) is 0 Å². The number of nitrogens with zero attached hydrogens (tertiary/aromatic N) is 2. The van der Waals surface area contributed by atoms with Gasteiger partial charge in [-0.2, -0.15) is 0 Å². The molecule has 15 heavy (non-hydrogen) atoms. The second-order valence-electron chi connectivity index (χ2n) is 5.47. The van der Waals surface area contributed by atoms with E-state index in [-0.39, 0.29) is 0 Å². The van der Waals surface area contributed by atoms with E-state index in [1.807, 2.05) is 6.92 Å². The highest BCUT2D eigenvalue weighted by Gasteiger charge is 2.64. The van der Waals surface area contributed by atoms with Crippen LogP contribution in [-0.2, 0) is 6.54 Å². The fraction of sp³-hybridized carbons (Fsp3) is 0.818. The van der Waals surface area contributed by atoms with E-state index in [2.05, 4.69) is 43.2 Å². The van der Waals surface area contributed by atoms with Crippen LogP contribution in [-0.4, -0.2) is 16.2 Å². The van der Waals surface area contributed by atoms with Crippen molar-refractivity contribution in [3.8, 4) is 0 Å². The zero-order chi connectivity index (χ0) is 11.3. The topological polar surface area (TPSA) is 51.0 Å². The van der Waals surface area contributed by atoms with E-state index < -0.39 is 0 Å². The molecule has 0 unspecified atom stereocenters. The quantitative estimate of drug-likeness (QED) is 0.826. The van der Waals surface area contributed by atoms with Gasteiger partial charge in [0.15, 0.2) is 0 Å². The van der Waals surface area contributed by atoms with Gasteiger partial charge in [-0.05, 0) is 10.8 Å². The summed E-state index contributed by atoms with van der Waals surface area (Å²) >= 11 is 0. The van der Waals surface area contributed by atoms with Gasteiger partial charge in [-0.3, -0.25) is 0 Å². The maximum absolute atomic E-state index is 5.31. The molecule has 0 aromatic carbocycles. The molecule has 1 saturated carbocycles. The highest BCUT2D eigenvalue weighted by atomic mass is 16.4. The van der Waals surface area contributed by atoms with Gasteiger partial charge in [0.05, 0.1) is 6.54 Å². The highest BCUT2D eigenvalue weighted by molar-refractivity contribution is 5.17. The zero-order valence-corrected chi connectivity index (χ0v) is 10.1. The van der Waals surface area contributed by atoms with E-state index in [0.29, 0.717) is 35.2 Å². The monoisotopic (exact) mass is 209 g/mol. The first-order chi connectivity index (χ1) is 6.85. The predicted octanol–water partition coefficient (Wildman–Crippen LogP) is 1.90. The molecule has 1 aliphatic carbocycles. The molecule has 0 aliphatic heterocycles. The summed E-state index contributed by atoms with van der Waals surface area (Å²) in [4.78, 5) is 0. The average molecular weight is 209 g/mol. The van der Waals surface area contributed by atoms with Gasteiger partial charge in [-0.25, -0.2) is 0 Å². The van der Waals surface area contributed by atoms with Crippen LogP contribution in [0.2, 0.25) is 0 Å². The minimum absolute atomic E-state index is 0.349. The summed E-state index contributed by atoms with van der Waals surface area (Å²) in [6.45, 7) is 11.6. The standard InChI is InChI=1S/C11H19N3O/c1-7-13-14-8(15-7)6-12-9-10(2,3)11(9,4)5/h9,12H,6H2,1-5H3. The summed E-state index contributed by atoms with van der Waals surface area (Å²) in [7, 11) is 0. The summed E-state index contributed by atoms with van der Waals surface area (Å²) in [5.41, 5.74) is 0.699. The lowest BCUT2D eigenvalue weighted by atomic mass is 10.0. The van der Waals surface area contributed by atoms with E-state index in [4.69, 9.17) is 4.42 Å². The Balaban J connectivity index is 1.91. The van der Waals surface area contributed by atoms with Crippen molar-refractivity contribution in [1.82, 2.24) is 15.5 Å². The summed E-state index contributed by atoms with van der Waals surface area (Å²) in [6, 6.07) is 0.525. The van der Waals surface area contributed by atoms with Crippen molar-refractivity contribution in [2.24, 2.45) is 10.8 Å². The van der Waals surface area contributed by atoms with Crippen molar-refractivity contribution in [2.45, 2.75) is 47.2 Å². The first-order valence-corrected chi connectivity index (χ1v) is 5.38. The largest absolute Gasteiger partial charge is 0.424 e. The first kappa shape index (κ1) is 10.6. The number of nitrogens with one attached hydrogen (secondary N) is 1.